The number of unbranched alkanes of at least 4 members (excludes halogenated alkanes) is 1. The van der Waals surface area contributed by atoms with Crippen LogP contribution >= 0.6 is 11.8 Å². The van der Waals surface area contributed by atoms with E-state index in [9.17, 15) is 4.79 Å². The number of carbonyl (C=O) groups is 1. The zero-order valence-corrected chi connectivity index (χ0v) is 6.41. The third-order valence-electron chi connectivity index (χ3n) is 0.989. The van der Waals surface area contributed by atoms with Crippen LogP contribution in [-0.4, -0.2) is 23.1 Å². The van der Waals surface area contributed by atoms with Crippen LogP contribution in [0.4, 0.5) is 0 Å². The normalized spacial score (nSPS) is 9.44. The lowest BCUT2D eigenvalue weighted by Gasteiger charge is -1.92. The lowest BCUT2D eigenvalue weighted by atomic mass is 10.3. The van der Waals surface area contributed by atoms with E-state index in [2.05, 4.69) is 0 Å². The SMILES string of the molecule is CSCCCCC(=O)O. The maximum Gasteiger partial charge on any atom is 0.303 e. The summed E-state index contributed by atoms with van der Waals surface area (Å²) in [6.45, 7) is 0. The van der Waals surface area contributed by atoms with Gasteiger partial charge in [-0.3, -0.25) is 4.79 Å². The Kier molecular flexibility index (Phi) is 5.83. The van der Waals surface area contributed by atoms with Gasteiger partial charge in [0.2, 0.25) is 0 Å². The Morgan fingerprint density at radius 3 is 2.67 bits per heavy atom. The van der Waals surface area contributed by atoms with Crippen molar-refractivity contribution in [2.75, 3.05) is 12.0 Å². The summed E-state index contributed by atoms with van der Waals surface area (Å²) in [6.07, 6.45) is 4.19. The summed E-state index contributed by atoms with van der Waals surface area (Å²) >= 11 is 1.76. The molecule has 0 aliphatic carbocycles. The molecule has 0 bridgehead atoms. The lowest BCUT2D eigenvalue weighted by Crippen LogP contribution is -1.93. The number of thioether (sulfide) groups is 1. The first-order valence-corrected chi connectivity index (χ1v) is 4.37. The highest BCUT2D eigenvalue weighted by molar-refractivity contribution is 7.98. The van der Waals surface area contributed by atoms with Gasteiger partial charge in [-0.1, -0.05) is 0 Å². The molecule has 1 N–H and O–H groups in total. The predicted octanol–water partition coefficient (Wildman–Crippen LogP) is 1.60. The summed E-state index contributed by atoms with van der Waals surface area (Å²) in [5.74, 6) is 0.393. The average Bonchev–Trinajstić information content (AvgIpc) is 1.80. The first-order valence-electron chi connectivity index (χ1n) is 2.98. The molecule has 0 spiro atoms. The number of carboxylic acid groups (broad SMARTS) is 1. The summed E-state index contributed by atoms with van der Waals surface area (Å²) in [5, 5.41) is 8.21. The van der Waals surface area contributed by atoms with Crippen LogP contribution in [0.1, 0.15) is 19.3 Å². The number of hydrogen-bond donors (Lipinski definition) is 1. The minimum Gasteiger partial charge on any atom is -0.481 e. The second-order valence-electron chi connectivity index (χ2n) is 1.84. The molecular weight excluding hydrogens is 136 g/mol. The van der Waals surface area contributed by atoms with Crippen LogP contribution in [0.5, 0.6) is 0 Å². The van der Waals surface area contributed by atoms with Gasteiger partial charge in [-0.25, -0.2) is 0 Å². The molecule has 0 atom stereocenters. The van der Waals surface area contributed by atoms with Gasteiger partial charge in [0.25, 0.3) is 0 Å². The molecule has 0 aromatic carbocycles. The molecule has 0 unspecified atom stereocenters. The van der Waals surface area contributed by atoms with Crippen molar-refractivity contribution in [2.45, 2.75) is 19.3 Å². The number of rotatable bonds is 5. The van der Waals surface area contributed by atoms with Crippen LogP contribution in [0.3, 0.4) is 0 Å². The highest BCUT2D eigenvalue weighted by Gasteiger charge is 1.94. The van der Waals surface area contributed by atoms with E-state index in [1.807, 2.05) is 6.26 Å². The number of hydrogen-bond acceptors (Lipinski definition) is 2. The van der Waals surface area contributed by atoms with Crippen molar-refractivity contribution >= 4 is 17.7 Å². The molecule has 2 nitrogen and oxygen atoms in total. The molecule has 3 heteroatoms. The van der Waals surface area contributed by atoms with E-state index in [4.69, 9.17) is 5.11 Å². The van der Waals surface area contributed by atoms with E-state index >= 15 is 0 Å². The van der Waals surface area contributed by atoms with Gasteiger partial charge in [-0.2, -0.15) is 11.8 Å². The highest BCUT2D eigenvalue weighted by Crippen LogP contribution is 2.01. The Labute approximate surface area is 59.6 Å². The summed E-state index contributed by atoms with van der Waals surface area (Å²) in [6, 6.07) is 0. The van der Waals surface area contributed by atoms with E-state index in [-0.39, 0.29) is 0 Å². The molecule has 0 amide bonds. The fourth-order valence-electron chi connectivity index (χ4n) is 0.523. The van der Waals surface area contributed by atoms with E-state index < -0.39 is 5.97 Å². The minimum atomic E-state index is -0.684. The first-order chi connectivity index (χ1) is 4.27. The van der Waals surface area contributed by atoms with Gasteiger partial charge in [0, 0.05) is 6.42 Å². The Bertz CT molecular complexity index is 83.1. The van der Waals surface area contributed by atoms with Crippen molar-refractivity contribution in [3.63, 3.8) is 0 Å². The Balaban J connectivity index is 2.83. The molecule has 0 aromatic heterocycles. The van der Waals surface area contributed by atoms with Crippen LogP contribution in [0.2, 0.25) is 0 Å². The standard InChI is InChI=1S/C6H12O2S/c1-9-5-3-2-4-6(7)8/h2-5H2,1H3,(H,7,8). The van der Waals surface area contributed by atoms with E-state index in [1.54, 1.807) is 11.8 Å². The largest absolute Gasteiger partial charge is 0.481 e. The average molecular weight is 148 g/mol. The van der Waals surface area contributed by atoms with Crippen LogP contribution in [0, 0.1) is 0 Å². The fraction of sp³-hybridized carbons (Fsp3) is 0.833. The minimum absolute atomic E-state index is 0.320. The maximum atomic E-state index is 9.96. The second-order valence-corrected chi connectivity index (χ2v) is 2.83. The molecule has 9 heavy (non-hydrogen) atoms. The lowest BCUT2D eigenvalue weighted by molar-refractivity contribution is -0.137. The molecule has 0 rings (SSSR count). The zero-order chi connectivity index (χ0) is 7.11. The van der Waals surface area contributed by atoms with Crippen molar-refractivity contribution in [2.24, 2.45) is 0 Å². The van der Waals surface area contributed by atoms with Gasteiger partial charge in [0.05, 0.1) is 0 Å². The highest BCUT2D eigenvalue weighted by atomic mass is 32.2. The molecule has 0 radical (unpaired) electrons. The Morgan fingerprint density at radius 1 is 1.56 bits per heavy atom. The van der Waals surface area contributed by atoms with Gasteiger partial charge in [0.15, 0.2) is 0 Å². The quantitative estimate of drug-likeness (QED) is 0.602. The third-order valence-corrected chi connectivity index (χ3v) is 1.69. The van der Waals surface area contributed by atoms with Crippen molar-refractivity contribution in [1.29, 1.82) is 0 Å². The van der Waals surface area contributed by atoms with Gasteiger partial charge >= 0.3 is 5.97 Å². The summed E-state index contributed by atoms with van der Waals surface area (Å²) in [7, 11) is 0. The van der Waals surface area contributed by atoms with Crippen LogP contribution in [0.25, 0.3) is 0 Å². The number of aliphatic carboxylic acids is 1. The molecule has 0 aliphatic heterocycles. The van der Waals surface area contributed by atoms with Gasteiger partial charge < -0.3 is 5.11 Å². The molecule has 54 valence electrons. The fourth-order valence-corrected chi connectivity index (χ4v) is 1.02. The van der Waals surface area contributed by atoms with Crippen molar-refractivity contribution in [3.05, 3.63) is 0 Å². The van der Waals surface area contributed by atoms with E-state index in [0.29, 0.717) is 6.42 Å². The molecule has 0 aromatic rings. The summed E-state index contributed by atoms with van der Waals surface area (Å²) < 4.78 is 0. The Morgan fingerprint density at radius 2 is 2.22 bits per heavy atom. The predicted molar refractivity (Wildman–Crippen MR) is 39.9 cm³/mol. The molecule has 0 fully saturated rings. The molecule has 0 saturated heterocycles. The maximum absolute atomic E-state index is 9.96. The summed E-state index contributed by atoms with van der Waals surface area (Å²) in [5.41, 5.74) is 0. The zero-order valence-electron chi connectivity index (χ0n) is 5.59. The van der Waals surface area contributed by atoms with Crippen LogP contribution in [0.15, 0.2) is 0 Å². The molecule has 0 heterocycles. The molecule has 0 saturated carbocycles. The first kappa shape index (κ1) is 8.82. The van der Waals surface area contributed by atoms with Crippen molar-refractivity contribution in [3.8, 4) is 0 Å². The summed E-state index contributed by atoms with van der Waals surface area (Å²) in [4.78, 5) is 9.96. The van der Waals surface area contributed by atoms with Crippen LogP contribution in [-0.2, 0) is 4.79 Å². The van der Waals surface area contributed by atoms with Gasteiger partial charge in [0.1, 0.15) is 0 Å². The van der Waals surface area contributed by atoms with Gasteiger partial charge in [-0.15, -0.1) is 0 Å². The second kappa shape index (κ2) is 5.95. The van der Waals surface area contributed by atoms with E-state index in [1.165, 1.54) is 0 Å². The third kappa shape index (κ3) is 7.82. The number of carboxylic acids is 1. The van der Waals surface area contributed by atoms with E-state index in [0.717, 1.165) is 18.6 Å². The smallest absolute Gasteiger partial charge is 0.303 e. The molecular formula is C6H12O2S. The Hall–Kier alpha value is -0.180. The molecule has 0 aliphatic rings. The monoisotopic (exact) mass is 148 g/mol. The van der Waals surface area contributed by atoms with Crippen molar-refractivity contribution in [1.82, 2.24) is 0 Å². The van der Waals surface area contributed by atoms with Crippen LogP contribution < -0.4 is 0 Å². The topological polar surface area (TPSA) is 37.3 Å². The van der Waals surface area contributed by atoms with Crippen molar-refractivity contribution < 1.29 is 9.90 Å². The van der Waals surface area contributed by atoms with Gasteiger partial charge in [-0.05, 0) is 24.9 Å².